The summed E-state index contributed by atoms with van der Waals surface area (Å²) in [5.74, 6) is -0.259. The maximum absolute atomic E-state index is 11.2. The summed E-state index contributed by atoms with van der Waals surface area (Å²) < 4.78 is 0. The van der Waals surface area contributed by atoms with Crippen molar-refractivity contribution >= 4 is 45.1 Å². The lowest BCUT2D eigenvalue weighted by atomic mass is 10.3. The lowest BCUT2D eigenvalue weighted by molar-refractivity contribution is -0.117. The second-order valence-corrected chi connectivity index (χ2v) is 11.6. The molecular weight excluding hydrogens is 249 g/mol. The van der Waals surface area contributed by atoms with E-state index in [0.717, 1.165) is 0 Å². The van der Waals surface area contributed by atoms with Gasteiger partial charge in [-0.2, -0.15) is 0 Å². The van der Waals surface area contributed by atoms with Crippen molar-refractivity contribution in [2.75, 3.05) is 0 Å². The molecule has 0 saturated heterocycles. The van der Waals surface area contributed by atoms with Crippen molar-refractivity contribution in [1.82, 2.24) is 5.32 Å². The van der Waals surface area contributed by atoms with Gasteiger partial charge in [-0.25, -0.2) is 0 Å². The van der Waals surface area contributed by atoms with Crippen molar-refractivity contribution in [3.8, 4) is 0 Å². The van der Waals surface area contributed by atoms with Crippen LogP contribution in [0.5, 0.6) is 0 Å². The molecule has 1 unspecified atom stereocenters. The first-order valence-electron chi connectivity index (χ1n) is 3.82. The van der Waals surface area contributed by atoms with Gasteiger partial charge < -0.3 is 5.32 Å². The van der Waals surface area contributed by atoms with Crippen molar-refractivity contribution in [3.63, 3.8) is 0 Å². The highest BCUT2D eigenvalue weighted by Crippen LogP contribution is 2.25. The predicted molar refractivity (Wildman–Crippen MR) is 60.3 cm³/mol. The number of amides is 1. The van der Waals surface area contributed by atoms with Crippen molar-refractivity contribution < 1.29 is 4.79 Å². The van der Waals surface area contributed by atoms with Gasteiger partial charge in [0.25, 0.3) is 0 Å². The average molecular weight is 261 g/mol. The molecule has 0 spiro atoms. The molecule has 0 radical (unpaired) electrons. The summed E-state index contributed by atoms with van der Waals surface area (Å²) in [4.78, 5) is 11.2. The Bertz CT molecular complexity index is 214. The van der Waals surface area contributed by atoms with Gasteiger partial charge in [0.15, 0.2) is 0 Å². The molecule has 0 rings (SSSR count). The number of halogens is 3. The summed E-state index contributed by atoms with van der Waals surface area (Å²) in [7, 11) is 0. The van der Waals surface area contributed by atoms with Crippen LogP contribution in [0, 0.1) is 0 Å². The smallest absolute Gasteiger partial charge is 0.348 e. The number of hydrogen-bond donors (Lipinski definition) is 1. The molecule has 0 aromatic carbocycles. The first-order chi connectivity index (χ1) is 5.79. The lowest BCUT2D eigenvalue weighted by Gasteiger charge is -2.21. The SMILES string of the molecule is C=C(C)C(=O)NC(CC)[Si](Cl)(Cl)Cl. The van der Waals surface area contributed by atoms with Crippen molar-refractivity contribution in [3.05, 3.63) is 12.2 Å². The summed E-state index contributed by atoms with van der Waals surface area (Å²) >= 11 is 17.3. The van der Waals surface area contributed by atoms with Gasteiger partial charge in [-0.3, -0.25) is 4.79 Å². The maximum atomic E-state index is 11.2. The van der Waals surface area contributed by atoms with E-state index in [2.05, 4.69) is 11.9 Å². The summed E-state index contributed by atoms with van der Waals surface area (Å²) in [5.41, 5.74) is 0.0726. The highest BCUT2D eigenvalue weighted by molar-refractivity contribution is 7.65. The van der Waals surface area contributed by atoms with E-state index in [0.29, 0.717) is 12.0 Å². The van der Waals surface area contributed by atoms with E-state index in [1.54, 1.807) is 6.92 Å². The molecule has 76 valence electrons. The van der Waals surface area contributed by atoms with Crippen LogP contribution in [0.3, 0.4) is 0 Å². The van der Waals surface area contributed by atoms with Crippen molar-refractivity contribution in [2.45, 2.75) is 25.9 Å². The molecular formula is C7H12Cl3NOSi. The van der Waals surface area contributed by atoms with Gasteiger partial charge in [0.05, 0.1) is 5.67 Å². The molecule has 0 aliphatic heterocycles. The van der Waals surface area contributed by atoms with Crippen molar-refractivity contribution in [2.24, 2.45) is 0 Å². The van der Waals surface area contributed by atoms with Crippen LogP contribution in [0.4, 0.5) is 0 Å². The topological polar surface area (TPSA) is 29.1 Å². The molecule has 1 atom stereocenters. The van der Waals surface area contributed by atoms with Crippen LogP contribution < -0.4 is 5.32 Å². The zero-order valence-corrected chi connectivity index (χ0v) is 10.8. The van der Waals surface area contributed by atoms with Crippen molar-refractivity contribution in [1.29, 1.82) is 0 Å². The van der Waals surface area contributed by atoms with Crippen LogP contribution in [0.2, 0.25) is 0 Å². The fourth-order valence-corrected chi connectivity index (χ4v) is 3.33. The Hall–Kier alpha value is 0.297. The summed E-state index contributed by atoms with van der Waals surface area (Å²) in [6.07, 6.45) is 0.613. The molecule has 0 heterocycles. The minimum absolute atomic E-state index is 0.259. The molecule has 0 aliphatic carbocycles. The summed E-state index contributed by atoms with van der Waals surface area (Å²) in [6.45, 7) is 6.97. The molecule has 0 saturated carbocycles. The maximum Gasteiger partial charge on any atom is 0.362 e. The monoisotopic (exact) mass is 259 g/mol. The second-order valence-electron chi connectivity index (χ2n) is 2.76. The summed E-state index contributed by atoms with van der Waals surface area (Å²) in [5, 5.41) is 2.63. The van der Waals surface area contributed by atoms with Crippen LogP contribution >= 0.6 is 33.2 Å². The molecule has 1 amide bonds. The van der Waals surface area contributed by atoms with Gasteiger partial charge in [0, 0.05) is 5.57 Å². The molecule has 2 nitrogen and oxygen atoms in total. The number of rotatable bonds is 4. The van der Waals surface area contributed by atoms with Crippen LogP contribution in [-0.4, -0.2) is 17.6 Å². The van der Waals surface area contributed by atoms with Gasteiger partial charge in [-0.15, -0.1) is 33.2 Å². The first-order valence-corrected chi connectivity index (χ1v) is 8.93. The Kier molecular flexibility index (Phi) is 5.37. The van der Waals surface area contributed by atoms with E-state index < -0.39 is 6.00 Å². The number of nitrogens with one attached hydrogen (secondary N) is 1. The summed E-state index contributed by atoms with van der Waals surface area (Å²) in [6, 6.07) is -2.85. The van der Waals surface area contributed by atoms with Crippen LogP contribution in [0.1, 0.15) is 20.3 Å². The highest BCUT2D eigenvalue weighted by atomic mass is 35.8. The van der Waals surface area contributed by atoms with Crippen LogP contribution in [-0.2, 0) is 4.79 Å². The number of hydrogen-bond acceptors (Lipinski definition) is 1. The third-order valence-electron chi connectivity index (χ3n) is 1.50. The largest absolute Gasteiger partial charge is 0.362 e. The molecule has 1 N–H and O–H groups in total. The minimum Gasteiger partial charge on any atom is -0.348 e. The average Bonchev–Trinajstić information content (AvgIpc) is 1.96. The Balaban J connectivity index is 4.31. The number of carbonyl (C=O) groups excluding carboxylic acids is 1. The van der Waals surface area contributed by atoms with Gasteiger partial charge in [-0.1, -0.05) is 13.5 Å². The molecule has 0 aromatic heterocycles. The Morgan fingerprint density at radius 3 is 2.23 bits per heavy atom. The highest BCUT2D eigenvalue weighted by Gasteiger charge is 2.36. The van der Waals surface area contributed by atoms with Gasteiger partial charge in [0.2, 0.25) is 5.91 Å². The standard InChI is InChI=1S/C7H12Cl3NOSi/c1-4-6(13(8,9)10)11-7(12)5(2)3/h6H,2,4H2,1,3H3,(H,11,12). The van der Waals surface area contributed by atoms with E-state index in [-0.39, 0.29) is 11.6 Å². The lowest BCUT2D eigenvalue weighted by Crippen LogP contribution is -2.46. The zero-order chi connectivity index (χ0) is 10.6. The van der Waals surface area contributed by atoms with Gasteiger partial charge >= 0.3 is 6.00 Å². The van der Waals surface area contributed by atoms with E-state index in [4.69, 9.17) is 33.2 Å². The third-order valence-corrected chi connectivity index (χ3v) is 5.21. The molecule has 6 heteroatoms. The van der Waals surface area contributed by atoms with E-state index in [9.17, 15) is 4.79 Å². The number of carbonyl (C=O) groups is 1. The minimum atomic E-state index is -2.85. The molecule has 13 heavy (non-hydrogen) atoms. The third kappa shape index (κ3) is 4.91. The quantitative estimate of drug-likeness (QED) is 0.470. The van der Waals surface area contributed by atoms with Crippen LogP contribution in [0.25, 0.3) is 0 Å². The van der Waals surface area contributed by atoms with E-state index in [1.807, 2.05) is 6.92 Å². The van der Waals surface area contributed by atoms with E-state index in [1.165, 1.54) is 0 Å². The molecule has 0 bridgehead atoms. The normalized spacial score (nSPS) is 13.6. The second kappa shape index (κ2) is 5.25. The molecule has 0 fully saturated rings. The molecule has 0 aromatic rings. The fourth-order valence-electron chi connectivity index (χ4n) is 0.697. The van der Waals surface area contributed by atoms with Crippen LogP contribution in [0.15, 0.2) is 12.2 Å². The fraction of sp³-hybridized carbons (Fsp3) is 0.571. The van der Waals surface area contributed by atoms with E-state index >= 15 is 0 Å². The van der Waals surface area contributed by atoms with Gasteiger partial charge in [-0.05, 0) is 13.3 Å². The van der Waals surface area contributed by atoms with Gasteiger partial charge in [0.1, 0.15) is 0 Å². The Morgan fingerprint density at radius 1 is 1.54 bits per heavy atom. The Labute approximate surface area is 93.4 Å². The first kappa shape index (κ1) is 13.3. The Morgan fingerprint density at radius 2 is 2.00 bits per heavy atom. The zero-order valence-electron chi connectivity index (χ0n) is 7.53. The predicted octanol–water partition coefficient (Wildman–Crippen LogP) is 2.65. The molecule has 0 aliphatic rings.